The van der Waals surface area contributed by atoms with Crippen LogP contribution in [0.5, 0.6) is 0 Å². The Kier molecular flexibility index (Phi) is 6.27. The lowest BCUT2D eigenvalue weighted by Gasteiger charge is -2.21. The number of nitrogens with zero attached hydrogens (tertiary/aromatic N) is 1. The molecule has 0 spiro atoms. The zero-order valence-corrected chi connectivity index (χ0v) is 15.0. The Balaban J connectivity index is 2.06. The molecule has 0 radical (unpaired) electrons. The van der Waals surface area contributed by atoms with E-state index in [-0.39, 0.29) is 29.8 Å². The Hall–Kier alpha value is -2.25. The van der Waals surface area contributed by atoms with E-state index >= 15 is 0 Å². The fourth-order valence-corrected chi connectivity index (χ4v) is 3.82. The number of rotatable bonds is 7. The van der Waals surface area contributed by atoms with E-state index in [2.05, 4.69) is 5.32 Å². The maximum Gasteiger partial charge on any atom is 0.243 e. The maximum absolute atomic E-state index is 13.0. The van der Waals surface area contributed by atoms with Crippen molar-refractivity contribution in [3.05, 3.63) is 66.0 Å². The molecule has 7 heteroatoms. The number of likely N-dealkylation sites (N-methyl/N-ethyl adjacent to an activating group) is 1. The van der Waals surface area contributed by atoms with Crippen LogP contribution in [0.15, 0.2) is 59.5 Å². The van der Waals surface area contributed by atoms with Crippen LogP contribution in [0.4, 0.5) is 4.39 Å². The molecule has 0 aromatic heterocycles. The first-order valence-corrected chi connectivity index (χ1v) is 9.38. The molecule has 1 atom stereocenters. The Labute approximate surface area is 147 Å². The molecule has 0 aliphatic rings. The third-order valence-electron chi connectivity index (χ3n) is 3.80. The highest BCUT2D eigenvalue weighted by molar-refractivity contribution is 7.89. The standard InChI is InChI=1S/C18H21FN2O3S/c1-3-21(25(23,24)17-7-5-4-6-8-17)13-18(22)20-14(2)15-9-11-16(19)12-10-15/h4-12,14H,3,13H2,1-2H3,(H,20,22)/t14-/m1/s1. The van der Waals surface area contributed by atoms with E-state index in [9.17, 15) is 17.6 Å². The second-order valence-electron chi connectivity index (χ2n) is 5.59. The van der Waals surface area contributed by atoms with Gasteiger partial charge in [-0.05, 0) is 36.8 Å². The molecule has 0 saturated carbocycles. The zero-order chi connectivity index (χ0) is 18.4. The zero-order valence-electron chi connectivity index (χ0n) is 14.1. The summed E-state index contributed by atoms with van der Waals surface area (Å²) in [5.74, 6) is -0.772. The summed E-state index contributed by atoms with van der Waals surface area (Å²) in [5.41, 5.74) is 0.740. The van der Waals surface area contributed by atoms with E-state index in [4.69, 9.17) is 0 Å². The van der Waals surface area contributed by atoms with Crippen LogP contribution < -0.4 is 5.32 Å². The van der Waals surface area contributed by atoms with E-state index in [1.54, 1.807) is 44.2 Å². The first-order chi connectivity index (χ1) is 11.8. The van der Waals surface area contributed by atoms with Crippen molar-refractivity contribution in [2.45, 2.75) is 24.8 Å². The Bertz CT molecular complexity index is 808. The predicted molar refractivity (Wildman–Crippen MR) is 93.8 cm³/mol. The van der Waals surface area contributed by atoms with Gasteiger partial charge in [0.2, 0.25) is 15.9 Å². The van der Waals surface area contributed by atoms with Crippen molar-refractivity contribution in [3.8, 4) is 0 Å². The first-order valence-electron chi connectivity index (χ1n) is 7.94. The van der Waals surface area contributed by atoms with Crippen LogP contribution in [0, 0.1) is 5.82 Å². The maximum atomic E-state index is 13.0. The van der Waals surface area contributed by atoms with Gasteiger partial charge in [-0.3, -0.25) is 4.79 Å². The van der Waals surface area contributed by atoms with Gasteiger partial charge in [0, 0.05) is 6.54 Å². The van der Waals surface area contributed by atoms with Gasteiger partial charge in [0.25, 0.3) is 0 Å². The normalized spacial score (nSPS) is 12.8. The molecule has 2 aromatic carbocycles. The van der Waals surface area contributed by atoms with Crippen LogP contribution >= 0.6 is 0 Å². The summed E-state index contributed by atoms with van der Waals surface area (Å²) in [5, 5.41) is 2.74. The van der Waals surface area contributed by atoms with E-state index in [0.29, 0.717) is 0 Å². The molecule has 0 fully saturated rings. The molecule has 0 aliphatic carbocycles. The topological polar surface area (TPSA) is 66.5 Å². The highest BCUT2D eigenvalue weighted by Gasteiger charge is 2.25. The van der Waals surface area contributed by atoms with Gasteiger partial charge >= 0.3 is 0 Å². The fraction of sp³-hybridized carbons (Fsp3) is 0.278. The summed E-state index contributed by atoms with van der Waals surface area (Å²) in [6.45, 7) is 3.33. The van der Waals surface area contributed by atoms with Crippen molar-refractivity contribution in [3.63, 3.8) is 0 Å². The summed E-state index contributed by atoms with van der Waals surface area (Å²) in [7, 11) is -3.73. The van der Waals surface area contributed by atoms with Gasteiger partial charge in [-0.25, -0.2) is 12.8 Å². The van der Waals surface area contributed by atoms with Crippen molar-refractivity contribution in [2.75, 3.05) is 13.1 Å². The Morgan fingerprint density at radius 2 is 1.72 bits per heavy atom. The number of hydrogen-bond donors (Lipinski definition) is 1. The molecule has 1 amide bonds. The van der Waals surface area contributed by atoms with Gasteiger partial charge < -0.3 is 5.32 Å². The number of amides is 1. The molecule has 0 saturated heterocycles. The highest BCUT2D eigenvalue weighted by Crippen LogP contribution is 2.16. The molecule has 0 aliphatic heterocycles. The van der Waals surface area contributed by atoms with Gasteiger partial charge in [-0.1, -0.05) is 37.3 Å². The van der Waals surface area contributed by atoms with Crippen LogP contribution in [-0.4, -0.2) is 31.7 Å². The first kappa shape index (κ1) is 19.1. The largest absolute Gasteiger partial charge is 0.348 e. The third-order valence-corrected chi connectivity index (χ3v) is 5.74. The third kappa shape index (κ3) is 4.87. The van der Waals surface area contributed by atoms with Crippen molar-refractivity contribution >= 4 is 15.9 Å². The molecular formula is C18H21FN2O3S. The predicted octanol–water partition coefficient (Wildman–Crippen LogP) is 2.71. The van der Waals surface area contributed by atoms with Crippen molar-refractivity contribution < 1.29 is 17.6 Å². The van der Waals surface area contributed by atoms with Crippen LogP contribution in [-0.2, 0) is 14.8 Å². The minimum Gasteiger partial charge on any atom is -0.348 e. The van der Waals surface area contributed by atoms with Crippen LogP contribution in [0.1, 0.15) is 25.5 Å². The molecule has 0 heterocycles. The summed E-state index contributed by atoms with van der Waals surface area (Å²) in [6, 6.07) is 13.4. The van der Waals surface area contributed by atoms with Gasteiger partial charge in [0.1, 0.15) is 5.82 Å². The second kappa shape index (κ2) is 8.22. The quantitative estimate of drug-likeness (QED) is 0.821. The average molecular weight is 364 g/mol. The van der Waals surface area contributed by atoms with E-state index in [1.165, 1.54) is 24.3 Å². The lowest BCUT2D eigenvalue weighted by molar-refractivity contribution is -0.121. The van der Waals surface area contributed by atoms with Gasteiger partial charge in [0.15, 0.2) is 0 Å². The smallest absolute Gasteiger partial charge is 0.243 e. The molecule has 1 N–H and O–H groups in total. The number of carbonyl (C=O) groups is 1. The lowest BCUT2D eigenvalue weighted by Crippen LogP contribution is -2.41. The molecule has 2 rings (SSSR count). The molecule has 25 heavy (non-hydrogen) atoms. The molecule has 0 unspecified atom stereocenters. The van der Waals surface area contributed by atoms with Crippen LogP contribution in [0.25, 0.3) is 0 Å². The van der Waals surface area contributed by atoms with Crippen molar-refractivity contribution in [2.24, 2.45) is 0 Å². The summed E-state index contributed by atoms with van der Waals surface area (Å²) in [4.78, 5) is 12.4. The molecular weight excluding hydrogens is 343 g/mol. The van der Waals surface area contributed by atoms with Gasteiger partial charge in [0.05, 0.1) is 17.5 Å². The molecule has 5 nitrogen and oxygen atoms in total. The molecule has 0 bridgehead atoms. The minimum absolute atomic E-state index is 0.149. The van der Waals surface area contributed by atoms with Crippen molar-refractivity contribution in [1.82, 2.24) is 9.62 Å². The van der Waals surface area contributed by atoms with E-state index < -0.39 is 15.9 Å². The summed E-state index contributed by atoms with van der Waals surface area (Å²) >= 11 is 0. The number of sulfonamides is 1. The molecule has 2 aromatic rings. The highest BCUT2D eigenvalue weighted by atomic mass is 32.2. The lowest BCUT2D eigenvalue weighted by atomic mass is 10.1. The average Bonchev–Trinajstić information content (AvgIpc) is 2.60. The molecule has 134 valence electrons. The fourth-order valence-electron chi connectivity index (χ4n) is 2.39. The minimum atomic E-state index is -3.73. The van der Waals surface area contributed by atoms with Gasteiger partial charge in [-0.2, -0.15) is 4.31 Å². The summed E-state index contributed by atoms with van der Waals surface area (Å²) in [6.07, 6.45) is 0. The summed E-state index contributed by atoms with van der Waals surface area (Å²) < 4.78 is 39.3. The second-order valence-corrected chi connectivity index (χ2v) is 7.52. The number of carbonyl (C=O) groups excluding carboxylic acids is 1. The number of halogens is 1. The van der Waals surface area contributed by atoms with Gasteiger partial charge in [-0.15, -0.1) is 0 Å². The Morgan fingerprint density at radius 1 is 1.12 bits per heavy atom. The number of nitrogens with one attached hydrogen (secondary N) is 1. The van der Waals surface area contributed by atoms with E-state index in [0.717, 1.165) is 9.87 Å². The Morgan fingerprint density at radius 3 is 2.28 bits per heavy atom. The SMILES string of the molecule is CCN(CC(=O)N[C@H](C)c1ccc(F)cc1)S(=O)(=O)c1ccccc1. The monoisotopic (exact) mass is 364 g/mol. The van der Waals surface area contributed by atoms with E-state index in [1.807, 2.05) is 0 Å². The number of hydrogen-bond acceptors (Lipinski definition) is 3. The van der Waals surface area contributed by atoms with Crippen LogP contribution in [0.2, 0.25) is 0 Å². The number of benzene rings is 2. The van der Waals surface area contributed by atoms with Crippen LogP contribution in [0.3, 0.4) is 0 Å². The van der Waals surface area contributed by atoms with Crippen molar-refractivity contribution in [1.29, 1.82) is 0 Å².